The van der Waals surface area contributed by atoms with Gasteiger partial charge in [0.15, 0.2) is 0 Å². The van der Waals surface area contributed by atoms with E-state index in [1.165, 1.54) is 6.07 Å². The van der Waals surface area contributed by atoms with Gasteiger partial charge in [-0.15, -0.1) is 11.3 Å². The van der Waals surface area contributed by atoms with E-state index in [1.54, 1.807) is 11.0 Å². The van der Waals surface area contributed by atoms with Crippen LogP contribution in [-0.2, 0) is 10.9 Å². The molecule has 1 spiro atoms. The van der Waals surface area contributed by atoms with Gasteiger partial charge in [0.05, 0.1) is 10.4 Å². The summed E-state index contributed by atoms with van der Waals surface area (Å²) in [6.07, 6.45) is -1.68. The minimum Gasteiger partial charge on any atom is -0.444 e. The van der Waals surface area contributed by atoms with Crippen LogP contribution in [0.4, 0.5) is 18.0 Å². The van der Waals surface area contributed by atoms with E-state index < -0.39 is 17.3 Å². The lowest BCUT2D eigenvalue weighted by Gasteiger charge is -2.44. The lowest BCUT2D eigenvalue weighted by atomic mass is 9.85. The van der Waals surface area contributed by atoms with E-state index in [1.807, 2.05) is 25.7 Å². The van der Waals surface area contributed by atoms with Crippen molar-refractivity contribution in [2.24, 2.45) is 0 Å². The lowest BCUT2D eigenvalue weighted by Crippen LogP contribution is -2.55. The first-order chi connectivity index (χ1) is 14.9. The summed E-state index contributed by atoms with van der Waals surface area (Å²) in [6.45, 7) is 7.14. The van der Waals surface area contributed by atoms with Gasteiger partial charge in [0.25, 0.3) is 5.91 Å². The third-order valence-corrected chi connectivity index (χ3v) is 7.33. The number of carbonyl (C=O) groups is 2. The highest BCUT2D eigenvalue weighted by Crippen LogP contribution is 2.41. The highest BCUT2D eigenvalue weighted by Gasteiger charge is 2.47. The van der Waals surface area contributed by atoms with E-state index in [4.69, 9.17) is 4.74 Å². The predicted octanol–water partition coefficient (Wildman–Crippen LogP) is 5.93. The highest BCUT2D eigenvalue weighted by atomic mass is 32.1. The molecule has 3 heterocycles. The van der Waals surface area contributed by atoms with Crippen LogP contribution in [0, 0.1) is 0 Å². The summed E-state index contributed by atoms with van der Waals surface area (Å²) in [5, 5.41) is 0.638. The molecule has 1 aromatic carbocycles. The molecule has 32 heavy (non-hydrogen) atoms. The Kier molecular flexibility index (Phi) is 5.68. The molecule has 2 saturated heterocycles. The van der Waals surface area contributed by atoms with Gasteiger partial charge < -0.3 is 14.5 Å². The van der Waals surface area contributed by atoms with Crippen LogP contribution in [0.3, 0.4) is 0 Å². The summed E-state index contributed by atoms with van der Waals surface area (Å²) in [4.78, 5) is 29.8. The number of hydrogen-bond donors (Lipinski definition) is 0. The standard InChI is InChI=1S/C23H27F3N2O3S/c1-21(2,3)31-20(30)27-11-8-22(9-12-27)7-4-10-28(22)19(29)18-13-15-5-6-16(23(24,25)26)14-17(15)32-18/h5-6,13-14H,4,7-12H2,1-3H3. The van der Waals surface area contributed by atoms with Crippen LogP contribution in [0.5, 0.6) is 0 Å². The number of benzene rings is 1. The number of carbonyl (C=O) groups excluding carboxylic acids is 2. The van der Waals surface area contributed by atoms with Gasteiger partial charge in [-0.1, -0.05) is 6.07 Å². The molecule has 0 atom stereocenters. The molecule has 4 rings (SSSR count). The number of thiophene rings is 1. The van der Waals surface area contributed by atoms with Crippen LogP contribution in [0.2, 0.25) is 0 Å². The maximum Gasteiger partial charge on any atom is 0.416 e. The van der Waals surface area contributed by atoms with Crippen molar-refractivity contribution in [3.63, 3.8) is 0 Å². The van der Waals surface area contributed by atoms with Gasteiger partial charge in [-0.3, -0.25) is 4.79 Å². The van der Waals surface area contributed by atoms with Crippen molar-refractivity contribution < 1.29 is 27.5 Å². The normalized spacial score (nSPS) is 19.1. The molecular weight excluding hydrogens is 441 g/mol. The zero-order valence-electron chi connectivity index (χ0n) is 18.4. The molecule has 2 aliphatic heterocycles. The minimum atomic E-state index is -4.41. The van der Waals surface area contributed by atoms with Gasteiger partial charge in [0.2, 0.25) is 0 Å². The number of fused-ring (bicyclic) bond motifs is 1. The van der Waals surface area contributed by atoms with Crippen molar-refractivity contribution in [1.82, 2.24) is 9.80 Å². The van der Waals surface area contributed by atoms with Crippen LogP contribution in [0.25, 0.3) is 10.1 Å². The number of amides is 2. The third kappa shape index (κ3) is 4.44. The van der Waals surface area contributed by atoms with Crippen LogP contribution >= 0.6 is 11.3 Å². The smallest absolute Gasteiger partial charge is 0.416 e. The quantitative estimate of drug-likeness (QED) is 0.522. The number of alkyl halides is 3. The molecule has 2 amide bonds. The summed E-state index contributed by atoms with van der Waals surface area (Å²) in [5.74, 6) is -0.136. The SMILES string of the molecule is CC(C)(C)OC(=O)N1CCC2(CCCN2C(=O)c2cc3ccc(C(F)(F)F)cc3s2)CC1. The molecule has 0 saturated carbocycles. The Bertz CT molecular complexity index is 1030. The topological polar surface area (TPSA) is 49.9 Å². The Hall–Kier alpha value is -2.29. The summed E-state index contributed by atoms with van der Waals surface area (Å²) < 4.78 is 45.0. The fraction of sp³-hybridized carbons (Fsp3) is 0.565. The first-order valence-corrected chi connectivity index (χ1v) is 11.6. The van der Waals surface area contributed by atoms with Crippen LogP contribution in [0.1, 0.15) is 61.7 Å². The largest absolute Gasteiger partial charge is 0.444 e. The fourth-order valence-electron chi connectivity index (χ4n) is 4.65. The first kappa shape index (κ1) is 22.9. The molecule has 0 unspecified atom stereocenters. The Morgan fingerprint density at radius 2 is 1.72 bits per heavy atom. The average molecular weight is 469 g/mol. The Morgan fingerprint density at radius 1 is 1.03 bits per heavy atom. The summed E-state index contributed by atoms with van der Waals surface area (Å²) in [7, 11) is 0. The van der Waals surface area contributed by atoms with E-state index in [9.17, 15) is 22.8 Å². The van der Waals surface area contributed by atoms with Crippen LogP contribution in [0.15, 0.2) is 24.3 Å². The summed E-state index contributed by atoms with van der Waals surface area (Å²) >= 11 is 1.11. The molecule has 0 radical (unpaired) electrons. The molecule has 1 aromatic heterocycles. The maximum absolute atomic E-state index is 13.4. The number of piperidine rings is 1. The number of rotatable bonds is 1. The number of hydrogen-bond acceptors (Lipinski definition) is 4. The molecule has 174 valence electrons. The molecule has 0 bridgehead atoms. The van der Waals surface area contributed by atoms with Gasteiger partial charge >= 0.3 is 12.3 Å². The molecule has 2 fully saturated rings. The molecule has 0 aliphatic carbocycles. The highest BCUT2D eigenvalue weighted by molar-refractivity contribution is 7.20. The third-order valence-electron chi connectivity index (χ3n) is 6.25. The van der Waals surface area contributed by atoms with Crippen molar-refractivity contribution >= 4 is 33.4 Å². The summed E-state index contributed by atoms with van der Waals surface area (Å²) in [5.41, 5.74) is -1.59. The van der Waals surface area contributed by atoms with Crippen molar-refractivity contribution in [3.05, 3.63) is 34.7 Å². The fourth-order valence-corrected chi connectivity index (χ4v) is 5.70. The molecule has 5 nitrogen and oxygen atoms in total. The Balaban J connectivity index is 1.50. The zero-order valence-corrected chi connectivity index (χ0v) is 19.2. The summed E-state index contributed by atoms with van der Waals surface area (Å²) in [6, 6.07) is 5.26. The molecular formula is C23H27F3N2O3S. The van der Waals surface area contributed by atoms with E-state index in [0.717, 1.165) is 36.3 Å². The van der Waals surface area contributed by atoms with Crippen LogP contribution < -0.4 is 0 Å². The monoisotopic (exact) mass is 468 g/mol. The maximum atomic E-state index is 13.4. The molecule has 2 aromatic rings. The van der Waals surface area contributed by atoms with E-state index in [-0.39, 0.29) is 17.5 Å². The second kappa shape index (κ2) is 7.93. The van der Waals surface area contributed by atoms with Gasteiger partial charge in [0, 0.05) is 29.9 Å². The first-order valence-electron chi connectivity index (χ1n) is 10.8. The number of ether oxygens (including phenoxy) is 1. The van der Waals surface area contributed by atoms with Crippen molar-refractivity contribution in [2.75, 3.05) is 19.6 Å². The molecule has 0 N–H and O–H groups in total. The second-order valence-corrected chi connectivity index (χ2v) is 10.7. The molecule has 2 aliphatic rings. The number of halogens is 3. The number of likely N-dealkylation sites (tertiary alicyclic amines) is 2. The second-order valence-electron chi connectivity index (χ2n) is 9.61. The number of nitrogens with zero attached hydrogens (tertiary/aromatic N) is 2. The molecule has 9 heteroatoms. The van der Waals surface area contributed by atoms with Crippen molar-refractivity contribution in [1.29, 1.82) is 0 Å². The van der Waals surface area contributed by atoms with Crippen molar-refractivity contribution in [2.45, 2.75) is 63.8 Å². The van der Waals surface area contributed by atoms with Crippen LogP contribution in [-0.4, -0.2) is 52.6 Å². The Morgan fingerprint density at radius 3 is 2.34 bits per heavy atom. The Labute approximate surface area is 189 Å². The van der Waals surface area contributed by atoms with Gasteiger partial charge in [0.1, 0.15) is 5.60 Å². The average Bonchev–Trinajstić information content (AvgIpc) is 3.29. The predicted molar refractivity (Wildman–Crippen MR) is 117 cm³/mol. The van der Waals surface area contributed by atoms with E-state index in [0.29, 0.717) is 47.4 Å². The van der Waals surface area contributed by atoms with Crippen molar-refractivity contribution in [3.8, 4) is 0 Å². The van der Waals surface area contributed by atoms with Gasteiger partial charge in [-0.2, -0.15) is 13.2 Å². The van der Waals surface area contributed by atoms with Gasteiger partial charge in [-0.05, 0) is 70.0 Å². The lowest BCUT2D eigenvalue weighted by molar-refractivity contribution is -0.137. The van der Waals surface area contributed by atoms with Gasteiger partial charge in [-0.25, -0.2) is 4.79 Å². The zero-order chi connectivity index (χ0) is 23.3. The van der Waals surface area contributed by atoms with E-state index >= 15 is 0 Å². The van der Waals surface area contributed by atoms with E-state index in [2.05, 4.69) is 0 Å². The minimum absolute atomic E-state index is 0.136.